The van der Waals surface area contributed by atoms with Gasteiger partial charge in [0.1, 0.15) is 4.83 Å². The normalized spacial score (nSPS) is 18.3. The van der Waals surface area contributed by atoms with Gasteiger partial charge in [-0.25, -0.2) is 4.79 Å². The minimum Gasteiger partial charge on any atom is -0.346 e. The highest BCUT2D eigenvalue weighted by Crippen LogP contribution is 2.45. The fourth-order valence-corrected chi connectivity index (χ4v) is 8.85. The van der Waals surface area contributed by atoms with Gasteiger partial charge in [-0.05, 0) is 133 Å². The lowest BCUT2D eigenvalue weighted by Gasteiger charge is -2.31. The molecule has 2 aliphatic heterocycles. The Balaban J connectivity index is 1.19. The van der Waals surface area contributed by atoms with E-state index in [0.717, 1.165) is 60.6 Å². The maximum absolute atomic E-state index is 14.0. The highest BCUT2D eigenvalue weighted by molar-refractivity contribution is 7.19. The Morgan fingerprint density at radius 3 is 2.21 bits per heavy atom. The van der Waals surface area contributed by atoms with E-state index in [-0.39, 0.29) is 18.0 Å². The molecule has 0 saturated carbocycles. The summed E-state index contributed by atoms with van der Waals surface area (Å²) in [6, 6.07) is 17.9. The Hall–Kier alpha value is -3.62. The van der Waals surface area contributed by atoms with E-state index in [1.165, 1.54) is 38.9 Å². The van der Waals surface area contributed by atoms with Crippen molar-refractivity contribution in [1.29, 1.82) is 0 Å². The van der Waals surface area contributed by atoms with Gasteiger partial charge in [-0.1, -0.05) is 36.2 Å². The zero-order chi connectivity index (χ0) is 33.5. The summed E-state index contributed by atoms with van der Waals surface area (Å²) in [6.45, 7) is 16.4. The molecule has 3 amide bonds. The minimum atomic E-state index is -0.558. The first-order chi connectivity index (χ1) is 22.4. The number of nitrogens with one attached hydrogen (secondary N) is 4. The molecule has 0 radical (unpaired) electrons. The molecular weight excluding hydrogens is 603 g/mol. The van der Waals surface area contributed by atoms with Crippen LogP contribution in [-0.2, 0) is 16.6 Å². The number of rotatable bonds is 11. The maximum Gasteiger partial charge on any atom is 0.319 e. The number of aromatic nitrogens is 1. The fraction of sp³-hybridized carbons (Fsp3) is 0.487. The van der Waals surface area contributed by atoms with Crippen LogP contribution in [0.1, 0.15) is 93.4 Å². The van der Waals surface area contributed by atoms with Crippen LogP contribution in [0.15, 0.2) is 48.5 Å². The number of amides is 3. The van der Waals surface area contributed by atoms with Crippen LogP contribution < -0.4 is 16.0 Å². The molecule has 0 aliphatic carbocycles. The Morgan fingerprint density at radius 1 is 0.957 bits per heavy atom. The Labute approximate surface area is 283 Å². The molecule has 1 atom stereocenters. The average Bonchev–Trinajstić information content (AvgIpc) is 3.79. The number of anilines is 1. The van der Waals surface area contributed by atoms with Crippen molar-refractivity contribution >= 4 is 39.2 Å². The summed E-state index contributed by atoms with van der Waals surface area (Å²) in [7, 11) is 0. The molecule has 8 heteroatoms. The molecule has 47 heavy (non-hydrogen) atoms. The number of carbonyl (C=O) groups is 2. The second kappa shape index (κ2) is 13.5. The van der Waals surface area contributed by atoms with Crippen molar-refractivity contribution in [3.63, 3.8) is 0 Å². The number of benzene rings is 2. The van der Waals surface area contributed by atoms with E-state index in [1.807, 2.05) is 26.0 Å². The molecule has 4 heterocycles. The van der Waals surface area contributed by atoms with Crippen molar-refractivity contribution in [3.05, 3.63) is 75.7 Å². The number of nitrogens with zero attached hydrogens (tertiary/aromatic N) is 1. The number of hydrogen-bond donors (Lipinski definition) is 4. The van der Waals surface area contributed by atoms with Crippen molar-refractivity contribution in [1.82, 2.24) is 20.5 Å². The van der Waals surface area contributed by atoms with Gasteiger partial charge in [0.15, 0.2) is 0 Å². The summed E-state index contributed by atoms with van der Waals surface area (Å²) >= 11 is 1.75. The monoisotopic (exact) mass is 653 g/mol. The van der Waals surface area contributed by atoms with E-state index in [1.54, 1.807) is 11.3 Å². The lowest BCUT2D eigenvalue weighted by molar-refractivity contribution is -0.137. The average molecular weight is 654 g/mol. The van der Waals surface area contributed by atoms with Crippen molar-refractivity contribution in [3.8, 4) is 11.3 Å². The lowest BCUT2D eigenvalue weighted by atomic mass is 9.88. The predicted molar refractivity (Wildman–Crippen MR) is 196 cm³/mol. The molecule has 4 N–H and O–H groups in total. The third-order valence-electron chi connectivity index (χ3n) is 10.0. The number of H-pyrrole nitrogens is 1. The Morgan fingerprint density at radius 2 is 1.60 bits per heavy atom. The van der Waals surface area contributed by atoms with Crippen LogP contribution in [0, 0.1) is 13.8 Å². The SMILES string of the molecule is Cc1cc(C)cc(-c2[nH]c3sc(C(C)(C)C(=O)N4C5CCC4CC5)cc3c2[C@H](C)CNCCc2ccc(NC(=O)NC(C)C)cc2)c1. The first-order valence-electron chi connectivity index (χ1n) is 17.3. The lowest BCUT2D eigenvalue weighted by Crippen LogP contribution is -2.45. The van der Waals surface area contributed by atoms with Crippen LogP contribution in [0.5, 0.6) is 0 Å². The zero-order valence-corrected chi connectivity index (χ0v) is 29.9. The van der Waals surface area contributed by atoms with E-state index >= 15 is 0 Å². The molecule has 6 rings (SSSR count). The maximum atomic E-state index is 14.0. The predicted octanol–water partition coefficient (Wildman–Crippen LogP) is 8.41. The van der Waals surface area contributed by atoms with E-state index in [2.05, 4.69) is 96.9 Å². The standard InChI is InChI=1S/C39H51N5O2S/c1-23(2)41-38(46)42-29-10-8-27(9-11-29)16-17-40-22-26(5)34-32-21-33(39(6,7)37(45)44-30-12-13-31(44)15-14-30)47-36(32)43-35(34)28-19-24(3)18-25(4)20-28/h8-11,18-21,23,26,30-31,40,43H,12-17,22H2,1-7H3,(H2,41,42,46)/t26-,30?,31?/m1/s1. The summed E-state index contributed by atoms with van der Waals surface area (Å²) in [5, 5.41) is 10.7. The van der Waals surface area contributed by atoms with E-state index in [0.29, 0.717) is 18.0 Å². The fourth-order valence-electron chi connectivity index (χ4n) is 7.68. The van der Waals surface area contributed by atoms with Gasteiger partial charge in [0.25, 0.3) is 0 Å². The smallest absolute Gasteiger partial charge is 0.319 e. The number of fused-ring (bicyclic) bond motifs is 3. The summed E-state index contributed by atoms with van der Waals surface area (Å²) in [5.41, 5.74) is 7.68. The van der Waals surface area contributed by atoms with Crippen LogP contribution in [-0.4, -0.2) is 53.0 Å². The van der Waals surface area contributed by atoms with Gasteiger partial charge in [0, 0.05) is 40.6 Å². The molecule has 2 aliphatic rings. The van der Waals surface area contributed by atoms with Crippen LogP contribution in [0.3, 0.4) is 0 Å². The van der Waals surface area contributed by atoms with E-state index in [9.17, 15) is 9.59 Å². The number of thiophene rings is 1. The summed E-state index contributed by atoms with van der Waals surface area (Å²) in [5.74, 6) is 0.543. The van der Waals surface area contributed by atoms with Crippen molar-refractivity contribution in [2.75, 3.05) is 18.4 Å². The second-order valence-corrected chi connectivity index (χ2v) is 15.8. The first kappa shape index (κ1) is 33.3. The highest BCUT2D eigenvalue weighted by atomic mass is 32.1. The molecule has 250 valence electrons. The van der Waals surface area contributed by atoms with E-state index in [4.69, 9.17) is 0 Å². The molecule has 2 aromatic carbocycles. The zero-order valence-electron chi connectivity index (χ0n) is 29.0. The number of carbonyl (C=O) groups excluding carboxylic acids is 2. The quantitative estimate of drug-likeness (QED) is 0.123. The van der Waals surface area contributed by atoms with Gasteiger partial charge in [-0.3, -0.25) is 4.79 Å². The van der Waals surface area contributed by atoms with Gasteiger partial charge in [-0.15, -0.1) is 11.3 Å². The van der Waals surface area contributed by atoms with Gasteiger partial charge in [-0.2, -0.15) is 0 Å². The number of aryl methyl sites for hydroxylation is 2. The van der Waals surface area contributed by atoms with Gasteiger partial charge >= 0.3 is 6.03 Å². The molecule has 0 unspecified atom stereocenters. The van der Waals surface area contributed by atoms with Crippen LogP contribution in [0.25, 0.3) is 21.5 Å². The summed E-state index contributed by atoms with van der Waals surface area (Å²) in [4.78, 5) is 34.4. The van der Waals surface area contributed by atoms with Crippen molar-refractivity contribution < 1.29 is 9.59 Å². The molecule has 2 saturated heterocycles. The topological polar surface area (TPSA) is 89.3 Å². The van der Waals surface area contributed by atoms with Gasteiger partial charge < -0.3 is 25.8 Å². The Kier molecular flexibility index (Phi) is 9.54. The highest BCUT2D eigenvalue weighted by Gasteiger charge is 2.47. The molecular formula is C39H51N5O2S. The molecule has 7 nitrogen and oxygen atoms in total. The minimum absolute atomic E-state index is 0.0924. The number of urea groups is 1. The molecule has 2 aromatic heterocycles. The Bertz CT molecular complexity index is 1710. The first-order valence-corrected chi connectivity index (χ1v) is 18.2. The van der Waals surface area contributed by atoms with Crippen LogP contribution in [0.4, 0.5) is 10.5 Å². The van der Waals surface area contributed by atoms with Crippen LogP contribution >= 0.6 is 11.3 Å². The molecule has 2 fully saturated rings. The van der Waals surface area contributed by atoms with E-state index < -0.39 is 5.41 Å². The third-order valence-corrected chi connectivity index (χ3v) is 11.4. The second-order valence-electron chi connectivity index (χ2n) is 14.7. The summed E-state index contributed by atoms with van der Waals surface area (Å²) < 4.78 is 0. The van der Waals surface area contributed by atoms with Crippen molar-refractivity contribution in [2.45, 2.75) is 110 Å². The van der Waals surface area contributed by atoms with Gasteiger partial charge in [0.2, 0.25) is 5.91 Å². The largest absolute Gasteiger partial charge is 0.346 e. The summed E-state index contributed by atoms with van der Waals surface area (Å²) in [6.07, 6.45) is 5.53. The number of aromatic amines is 1. The van der Waals surface area contributed by atoms with Crippen LogP contribution in [0.2, 0.25) is 0 Å². The molecule has 2 bridgehead atoms. The molecule has 4 aromatic rings. The van der Waals surface area contributed by atoms with Crippen molar-refractivity contribution in [2.24, 2.45) is 0 Å². The number of hydrogen-bond acceptors (Lipinski definition) is 4. The van der Waals surface area contributed by atoms with Gasteiger partial charge in [0.05, 0.1) is 11.1 Å². The third kappa shape index (κ3) is 7.00. The molecule has 0 spiro atoms.